The predicted octanol–water partition coefficient (Wildman–Crippen LogP) is 4.92. The van der Waals surface area contributed by atoms with Crippen molar-refractivity contribution in [3.63, 3.8) is 0 Å². The first-order chi connectivity index (χ1) is 9.04. The van der Waals surface area contributed by atoms with Gasteiger partial charge in [-0.2, -0.15) is 0 Å². The molecule has 1 saturated carbocycles. The molecule has 0 amide bonds. The smallest absolute Gasteiger partial charge is 0.0463 e. The zero-order valence-corrected chi connectivity index (χ0v) is 12.0. The second-order valence-corrected chi connectivity index (χ2v) is 6.58. The van der Waals surface area contributed by atoms with Crippen LogP contribution in [-0.4, -0.2) is 4.98 Å². The molecular formula is C18H21N. The van der Waals surface area contributed by atoms with Crippen LogP contribution in [0.2, 0.25) is 0 Å². The van der Waals surface area contributed by atoms with Crippen LogP contribution in [0.3, 0.4) is 0 Å². The Kier molecular flexibility index (Phi) is 2.93. The first-order valence-corrected chi connectivity index (χ1v) is 7.11. The maximum atomic E-state index is 4.49. The lowest BCUT2D eigenvalue weighted by atomic mass is 9.90. The molecule has 0 bridgehead atoms. The molecule has 1 heteroatoms. The van der Waals surface area contributed by atoms with Gasteiger partial charge in [0.25, 0.3) is 0 Å². The quantitative estimate of drug-likeness (QED) is 0.738. The third-order valence-corrected chi connectivity index (χ3v) is 3.82. The molecule has 19 heavy (non-hydrogen) atoms. The van der Waals surface area contributed by atoms with Crippen LogP contribution >= 0.6 is 0 Å². The number of nitrogens with zero attached hydrogens (tertiary/aromatic N) is 1. The molecule has 1 nitrogen and oxygen atoms in total. The molecule has 1 fully saturated rings. The molecule has 1 aromatic carbocycles. The van der Waals surface area contributed by atoms with Gasteiger partial charge in [0.05, 0.1) is 0 Å². The Balaban J connectivity index is 1.92. The molecule has 0 atom stereocenters. The Morgan fingerprint density at radius 1 is 0.947 bits per heavy atom. The van der Waals surface area contributed by atoms with Gasteiger partial charge in [0, 0.05) is 17.3 Å². The summed E-state index contributed by atoms with van der Waals surface area (Å²) in [5.41, 5.74) is 5.30. The van der Waals surface area contributed by atoms with Gasteiger partial charge in [-0.3, -0.25) is 4.98 Å². The van der Waals surface area contributed by atoms with Gasteiger partial charge in [-0.05, 0) is 47.6 Å². The molecule has 98 valence electrons. The van der Waals surface area contributed by atoms with Crippen molar-refractivity contribution in [2.24, 2.45) is 0 Å². The molecule has 1 aromatic heterocycles. The van der Waals surface area contributed by atoms with E-state index in [1.165, 1.54) is 29.5 Å². The van der Waals surface area contributed by atoms with Gasteiger partial charge in [-0.15, -0.1) is 0 Å². The zero-order valence-electron chi connectivity index (χ0n) is 12.0. The molecule has 0 unspecified atom stereocenters. The van der Waals surface area contributed by atoms with Crippen molar-refractivity contribution in [1.29, 1.82) is 0 Å². The van der Waals surface area contributed by atoms with Crippen molar-refractivity contribution in [2.75, 3.05) is 0 Å². The highest BCUT2D eigenvalue weighted by molar-refractivity contribution is 5.64. The van der Waals surface area contributed by atoms with Gasteiger partial charge >= 0.3 is 0 Å². The number of hydrogen-bond donors (Lipinski definition) is 0. The summed E-state index contributed by atoms with van der Waals surface area (Å²) in [6, 6.07) is 13.4. The van der Waals surface area contributed by atoms with Gasteiger partial charge in [0.1, 0.15) is 0 Å². The van der Waals surface area contributed by atoms with Crippen molar-refractivity contribution >= 4 is 0 Å². The summed E-state index contributed by atoms with van der Waals surface area (Å²) in [4.78, 5) is 4.49. The summed E-state index contributed by atoms with van der Waals surface area (Å²) >= 11 is 0. The van der Waals surface area contributed by atoms with E-state index in [1.807, 2.05) is 6.20 Å². The highest BCUT2D eigenvalue weighted by Gasteiger charge is 2.23. The van der Waals surface area contributed by atoms with E-state index >= 15 is 0 Å². The summed E-state index contributed by atoms with van der Waals surface area (Å²) in [6.45, 7) is 6.61. The average Bonchev–Trinajstić information content (AvgIpc) is 3.22. The van der Waals surface area contributed by atoms with Crippen LogP contribution in [0.4, 0.5) is 0 Å². The van der Waals surface area contributed by atoms with E-state index in [0.29, 0.717) is 0 Å². The lowest BCUT2D eigenvalue weighted by molar-refractivity contribution is 0.569. The van der Waals surface area contributed by atoms with Crippen LogP contribution in [0.15, 0.2) is 42.6 Å². The van der Waals surface area contributed by atoms with Gasteiger partial charge in [0.2, 0.25) is 0 Å². The summed E-state index contributed by atoms with van der Waals surface area (Å²) in [5.74, 6) is 0.830. The number of hydrogen-bond acceptors (Lipinski definition) is 1. The first-order valence-electron chi connectivity index (χ1n) is 7.11. The fourth-order valence-corrected chi connectivity index (χ4v) is 2.38. The molecule has 3 rings (SSSR count). The Bertz CT molecular complexity index is 571. The van der Waals surface area contributed by atoms with Crippen LogP contribution in [0.5, 0.6) is 0 Å². The van der Waals surface area contributed by atoms with Crippen LogP contribution in [-0.2, 0) is 5.41 Å². The SMILES string of the molecule is CC(C)(C)c1cc(-c2ccc(C3CC3)cc2)ccn1. The van der Waals surface area contributed by atoms with E-state index in [-0.39, 0.29) is 5.41 Å². The van der Waals surface area contributed by atoms with Crippen molar-refractivity contribution < 1.29 is 0 Å². The van der Waals surface area contributed by atoms with E-state index in [0.717, 1.165) is 11.6 Å². The Morgan fingerprint density at radius 3 is 2.21 bits per heavy atom. The normalized spacial score (nSPS) is 15.5. The molecule has 1 heterocycles. The van der Waals surface area contributed by atoms with E-state index in [2.05, 4.69) is 62.2 Å². The Morgan fingerprint density at radius 2 is 1.63 bits per heavy atom. The molecule has 2 aromatic rings. The topological polar surface area (TPSA) is 12.9 Å². The molecule has 0 aliphatic heterocycles. The van der Waals surface area contributed by atoms with Gasteiger partial charge in [-0.25, -0.2) is 0 Å². The van der Waals surface area contributed by atoms with E-state index < -0.39 is 0 Å². The minimum absolute atomic E-state index is 0.101. The predicted molar refractivity (Wildman–Crippen MR) is 80.3 cm³/mol. The maximum absolute atomic E-state index is 4.49. The highest BCUT2D eigenvalue weighted by Crippen LogP contribution is 2.40. The molecular weight excluding hydrogens is 230 g/mol. The number of rotatable bonds is 2. The molecule has 0 N–H and O–H groups in total. The summed E-state index contributed by atoms with van der Waals surface area (Å²) in [6.07, 6.45) is 4.65. The molecule has 0 saturated heterocycles. The number of aromatic nitrogens is 1. The fourth-order valence-electron chi connectivity index (χ4n) is 2.38. The third kappa shape index (κ3) is 2.70. The molecule has 1 aliphatic rings. The summed E-state index contributed by atoms with van der Waals surface area (Å²) < 4.78 is 0. The summed E-state index contributed by atoms with van der Waals surface area (Å²) in [7, 11) is 0. The Labute approximate surface area is 115 Å². The highest BCUT2D eigenvalue weighted by atomic mass is 14.7. The van der Waals surface area contributed by atoms with Crippen LogP contribution in [0.25, 0.3) is 11.1 Å². The van der Waals surface area contributed by atoms with Crippen LogP contribution in [0, 0.1) is 0 Å². The van der Waals surface area contributed by atoms with Crippen molar-refractivity contribution in [3.8, 4) is 11.1 Å². The molecule has 1 aliphatic carbocycles. The van der Waals surface area contributed by atoms with E-state index in [9.17, 15) is 0 Å². The third-order valence-electron chi connectivity index (χ3n) is 3.82. The zero-order chi connectivity index (χ0) is 13.5. The largest absolute Gasteiger partial charge is 0.261 e. The monoisotopic (exact) mass is 251 g/mol. The first kappa shape index (κ1) is 12.4. The number of pyridine rings is 1. The van der Waals surface area contributed by atoms with Crippen molar-refractivity contribution in [3.05, 3.63) is 53.9 Å². The Hall–Kier alpha value is -1.63. The number of benzene rings is 1. The maximum Gasteiger partial charge on any atom is 0.0463 e. The molecule has 0 radical (unpaired) electrons. The minimum Gasteiger partial charge on any atom is -0.261 e. The standard InChI is InChI=1S/C18H21N/c1-18(2,3)17-12-16(10-11-19-17)15-8-6-14(7-9-15)13-4-5-13/h6-13H,4-5H2,1-3H3. The van der Waals surface area contributed by atoms with E-state index in [1.54, 1.807) is 0 Å². The summed E-state index contributed by atoms with van der Waals surface area (Å²) in [5, 5.41) is 0. The van der Waals surface area contributed by atoms with Crippen molar-refractivity contribution in [1.82, 2.24) is 4.98 Å². The van der Waals surface area contributed by atoms with Crippen molar-refractivity contribution in [2.45, 2.75) is 44.9 Å². The second kappa shape index (κ2) is 4.48. The fraction of sp³-hybridized carbons (Fsp3) is 0.389. The van der Waals surface area contributed by atoms with Crippen LogP contribution < -0.4 is 0 Å². The average molecular weight is 251 g/mol. The minimum atomic E-state index is 0.101. The van der Waals surface area contributed by atoms with Gasteiger partial charge in [-0.1, -0.05) is 45.0 Å². The molecule has 0 spiro atoms. The lowest BCUT2D eigenvalue weighted by Gasteiger charge is -2.18. The van der Waals surface area contributed by atoms with Crippen LogP contribution in [0.1, 0.15) is 50.8 Å². The van der Waals surface area contributed by atoms with Gasteiger partial charge in [0.15, 0.2) is 0 Å². The van der Waals surface area contributed by atoms with Gasteiger partial charge < -0.3 is 0 Å². The lowest BCUT2D eigenvalue weighted by Crippen LogP contribution is -2.13. The second-order valence-electron chi connectivity index (χ2n) is 6.58. The van der Waals surface area contributed by atoms with E-state index in [4.69, 9.17) is 0 Å².